The molecular weight excluding hydrogens is 897 g/mol. The van der Waals surface area contributed by atoms with Crippen molar-refractivity contribution in [2.45, 2.75) is 89.3 Å². The van der Waals surface area contributed by atoms with E-state index in [9.17, 15) is 49.5 Å². The van der Waals surface area contributed by atoms with Crippen LogP contribution in [-0.4, -0.2) is 140 Å². The second kappa shape index (κ2) is 22.3. The number of hydrogen-bond donors (Lipinski definition) is 12. The number of rotatable bonds is 16. The average Bonchev–Trinajstić information content (AvgIpc) is 3.29. The summed E-state index contributed by atoms with van der Waals surface area (Å²) < 4.78 is 11.8. The lowest BCUT2D eigenvalue weighted by atomic mass is 9.86. The largest absolute Gasteiger partial charge is 0.507 e. The maximum atomic E-state index is 14.8. The number of nitrogen functional groups attached to an aromatic ring is 1. The zero-order chi connectivity index (χ0) is 51.1. The molecule has 4 amide bonds. The molecule has 0 aliphatic carbocycles. The van der Waals surface area contributed by atoms with E-state index in [2.05, 4.69) is 25.9 Å². The van der Waals surface area contributed by atoms with Gasteiger partial charge in [0.2, 0.25) is 17.7 Å². The van der Waals surface area contributed by atoms with Crippen molar-refractivity contribution in [3.8, 4) is 45.5 Å². The zero-order valence-corrected chi connectivity index (χ0v) is 39.3. The molecule has 22 heteroatoms. The smallest absolute Gasteiger partial charge is 0.326 e. The molecule has 0 spiro atoms. The first-order chi connectivity index (χ1) is 32.5. The van der Waals surface area contributed by atoms with Gasteiger partial charge in [-0.3, -0.25) is 19.2 Å². The van der Waals surface area contributed by atoms with Gasteiger partial charge in [-0.1, -0.05) is 32.9 Å². The number of aromatic nitrogens is 2. The number of aromatic hydroxyl groups is 2. The minimum absolute atomic E-state index is 0.0273. The van der Waals surface area contributed by atoms with Crippen LogP contribution in [0, 0.1) is 6.92 Å². The average molecular weight is 959 g/mol. The number of nitrogens with two attached hydrogens (primary N) is 4. The maximum absolute atomic E-state index is 14.8. The number of nitrogens with zero attached hydrogens (tertiary/aromatic N) is 3. The van der Waals surface area contributed by atoms with Crippen LogP contribution in [0.5, 0.6) is 23.0 Å². The monoisotopic (exact) mass is 958 g/mol. The Hall–Kier alpha value is -7.11. The number of aryl methyl sites for hydroxylation is 1. The van der Waals surface area contributed by atoms with E-state index < -0.39 is 78.3 Å². The summed E-state index contributed by atoms with van der Waals surface area (Å²) in [4.78, 5) is 79.2. The number of amides is 4. The van der Waals surface area contributed by atoms with Crippen molar-refractivity contribution >= 4 is 35.4 Å². The zero-order valence-electron chi connectivity index (χ0n) is 39.3. The fourth-order valence-corrected chi connectivity index (χ4v) is 7.50. The summed E-state index contributed by atoms with van der Waals surface area (Å²) >= 11 is 0. The molecule has 1 aliphatic heterocycles. The van der Waals surface area contributed by atoms with E-state index in [1.807, 2.05) is 26.8 Å². The number of likely N-dealkylation sites (N-methyl/N-ethyl adjacent to an activating group) is 1. The highest BCUT2D eigenvalue weighted by molar-refractivity contribution is 6.02. The summed E-state index contributed by atoms with van der Waals surface area (Å²) in [6.07, 6.45) is -2.76. The van der Waals surface area contributed by atoms with Gasteiger partial charge in [0.1, 0.15) is 72.5 Å². The second-order valence-corrected chi connectivity index (χ2v) is 17.8. The van der Waals surface area contributed by atoms with Crippen LogP contribution in [0.4, 0.5) is 5.82 Å². The van der Waals surface area contributed by atoms with Crippen molar-refractivity contribution in [1.82, 2.24) is 30.8 Å². The SMILES string of the molecule is Cc1nc(-c2ccc(C(C)(C)C)cc2O)nc(N)c1C(=O)NC(CCN)C(=O)N(C)[C@@H]1C(=O)N[C@@H](C)C(=O)N[C@H](C(=O)O)Cc2ccc(OCC(O)CN)c(c2)-c2cc1cc(OCC(O)CN)c2O. The molecular formula is C47H62N10O12. The number of ether oxygens (including phenoxy) is 2. The first-order valence-corrected chi connectivity index (χ1v) is 22.1. The van der Waals surface area contributed by atoms with Crippen LogP contribution >= 0.6 is 0 Å². The molecule has 4 aromatic rings. The van der Waals surface area contributed by atoms with E-state index in [0.29, 0.717) is 5.56 Å². The molecule has 0 radical (unpaired) electrons. The van der Waals surface area contributed by atoms with E-state index in [0.717, 1.165) is 10.5 Å². The molecule has 3 unspecified atom stereocenters. The van der Waals surface area contributed by atoms with Crippen LogP contribution in [0.1, 0.15) is 72.9 Å². The van der Waals surface area contributed by atoms with Crippen molar-refractivity contribution in [3.05, 3.63) is 76.5 Å². The lowest BCUT2D eigenvalue weighted by molar-refractivity contribution is -0.143. The third kappa shape index (κ3) is 12.5. The van der Waals surface area contributed by atoms with Crippen LogP contribution in [0.15, 0.2) is 48.5 Å². The topological polar surface area (TPSA) is 374 Å². The Bertz CT molecular complexity index is 2550. The summed E-state index contributed by atoms with van der Waals surface area (Å²) in [6.45, 7) is 7.49. The quantitative estimate of drug-likeness (QED) is 0.0707. The Morgan fingerprint density at radius 1 is 0.884 bits per heavy atom. The number of phenolic OH excluding ortho intramolecular Hbond substituents is 2. The fourth-order valence-electron chi connectivity index (χ4n) is 7.50. The third-order valence-electron chi connectivity index (χ3n) is 11.5. The van der Waals surface area contributed by atoms with Gasteiger partial charge in [0.25, 0.3) is 5.91 Å². The van der Waals surface area contributed by atoms with Gasteiger partial charge < -0.3 is 78.8 Å². The number of carbonyl (C=O) groups is 5. The van der Waals surface area contributed by atoms with Gasteiger partial charge in [0.05, 0.1) is 11.3 Å². The lowest BCUT2D eigenvalue weighted by Crippen LogP contribution is -2.55. The molecule has 2 heterocycles. The summed E-state index contributed by atoms with van der Waals surface area (Å²) in [5, 5.41) is 61.2. The Labute approximate surface area is 398 Å². The van der Waals surface area contributed by atoms with Gasteiger partial charge in [-0.2, -0.15) is 0 Å². The molecule has 3 aromatic carbocycles. The standard InChI is InChI=1S/C47H62N10O12/c1-22-37(40(51)56-41(52-22)29-9-8-26(17-34(29)60)47(3,4)5)43(63)54-32(11-12-48)45(65)57(6)38-25-15-31(39(61)36(16-25)69-21-28(59)19-50)30-13-24(7-10-35(30)68-20-27(58)18-49)14-33(46(66)67)55-42(62)23(2)53-44(38)64/h7-10,13,15-17,23,27-28,32-33,38,58-61H,11-12,14,18-21,48-50H2,1-6H3,(H,53,64)(H,54,63)(H,55,62)(H,66,67)(H2,51,52,56)/t23-,27?,28?,32?,33-,38-/m0/s1. The highest BCUT2D eigenvalue weighted by atomic mass is 16.5. The van der Waals surface area contributed by atoms with E-state index in [4.69, 9.17) is 32.4 Å². The third-order valence-corrected chi connectivity index (χ3v) is 11.5. The van der Waals surface area contributed by atoms with Gasteiger partial charge in [0, 0.05) is 37.7 Å². The van der Waals surface area contributed by atoms with Crippen LogP contribution in [0.2, 0.25) is 0 Å². The second-order valence-electron chi connectivity index (χ2n) is 17.8. The fraction of sp³-hybridized carbons (Fsp3) is 0.426. The molecule has 69 heavy (non-hydrogen) atoms. The number of aliphatic carboxylic acids is 1. The molecule has 0 fully saturated rings. The summed E-state index contributed by atoms with van der Waals surface area (Å²) in [7, 11) is 1.25. The maximum Gasteiger partial charge on any atom is 0.326 e. The Balaban J connectivity index is 1.63. The number of carboxylic acids is 1. The first-order valence-electron chi connectivity index (χ1n) is 22.1. The van der Waals surface area contributed by atoms with Crippen LogP contribution in [-0.2, 0) is 31.0 Å². The normalized spacial score (nSPS) is 17.6. The predicted molar refractivity (Wildman–Crippen MR) is 253 cm³/mol. The number of fused-ring (bicyclic) bond motifs is 5. The van der Waals surface area contributed by atoms with Gasteiger partial charge in [-0.25, -0.2) is 14.8 Å². The molecule has 0 saturated carbocycles. The molecule has 16 N–H and O–H groups in total. The van der Waals surface area contributed by atoms with Gasteiger partial charge in [-0.05, 0) is 85.3 Å². The first kappa shape index (κ1) is 52.9. The predicted octanol–water partition coefficient (Wildman–Crippen LogP) is 0.0838. The molecule has 1 aliphatic rings. The van der Waals surface area contributed by atoms with E-state index in [1.165, 1.54) is 51.2 Å². The van der Waals surface area contributed by atoms with Crippen molar-refractivity contribution in [3.63, 3.8) is 0 Å². The van der Waals surface area contributed by atoms with Crippen LogP contribution < -0.4 is 48.4 Å². The van der Waals surface area contributed by atoms with Gasteiger partial charge in [-0.15, -0.1) is 0 Å². The summed E-state index contributed by atoms with van der Waals surface area (Å²) in [6, 6.07) is 6.06. The van der Waals surface area contributed by atoms with E-state index >= 15 is 0 Å². The molecule has 22 nitrogen and oxygen atoms in total. The van der Waals surface area contributed by atoms with Gasteiger partial charge >= 0.3 is 5.97 Å². The number of phenols is 2. The number of aliphatic hydroxyl groups excluding tert-OH is 2. The highest BCUT2D eigenvalue weighted by Crippen LogP contribution is 2.45. The molecule has 6 atom stereocenters. The van der Waals surface area contributed by atoms with E-state index in [1.54, 1.807) is 12.1 Å². The van der Waals surface area contributed by atoms with Crippen molar-refractivity contribution in [2.24, 2.45) is 17.2 Å². The molecule has 4 bridgehead atoms. The van der Waals surface area contributed by atoms with Crippen molar-refractivity contribution in [2.75, 3.05) is 45.6 Å². The van der Waals surface area contributed by atoms with Gasteiger partial charge in [0.15, 0.2) is 17.3 Å². The summed E-state index contributed by atoms with van der Waals surface area (Å²) in [5.41, 5.74) is 24.7. The number of carboxylic acid groups (broad SMARTS) is 1. The molecule has 1 aromatic heterocycles. The minimum atomic E-state index is -1.71. The number of aliphatic hydroxyl groups is 2. The highest BCUT2D eigenvalue weighted by Gasteiger charge is 2.37. The molecule has 0 saturated heterocycles. The Morgan fingerprint density at radius 3 is 2.12 bits per heavy atom. The van der Waals surface area contributed by atoms with Crippen molar-refractivity contribution < 1.29 is 59.0 Å². The molecule has 5 rings (SSSR count). The lowest BCUT2D eigenvalue weighted by Gasteiger charge is -2.33. The number of benzene rings is 3. The minimum Gasteiger partial charge on any atom is -0.507 e. The number of carbonyl (C=O) groups excluding carboxylic acids is 4. The van der Waals surface area contributed by atoms with Crippen LogP contribution in [0.25, 0.3) is 22.5 Å². The van der Waals surface area contributed by atoms with E-state index in [-0.39, 0.29) is 107 Å². The Morgan fingerprint density at radius 2 is 1.54 bits per heavy atom. The summed E-state index contributed by atoms with van der Waals surface area (Å²) in [5.74, 6) is -6.09. The number of anilines is 1. The number of nitrogens with one attached hydrogen (secondary N) is 3. The number of hydrogen-bond acceptors (Lipinski definition) is 17. The molecule has 372 valence electrons. The van der Waals surface area contributed by atoms with Crippen LogP contribution in [0.3, 0.4) is 0 Å². The van der Waals surface area contributed by atoms with Crippen molar-refractivity contribution in [1.29, 1.82) is 0 Å². The Kier molecular flexibility index (Phi) is 17.1.